The number of benzene rings is 22. The van der Waals surface area contributed by atoms with Crippen LogP contribution >= 0.6 is 0 Å². The zero-order valence-corrected chi connectivity index (χ0v) is 77.6. The van der Waals surface area contributed by atoms with Gasteiger partial charge in [-0.2, -0.15) is 0 Å². The maximum absolute atomic E-state index is 2.39. The van der Waals surface area contributed by atoms with Crippen LogP contribution in [0.25, 0.3) is 160 Å². The molecular formula is C133H98N6. The largest absolute Gasteiger partial charge is 0.310 e. The van der Waals surface area contributed by atoms with Gasteiger partial charge < -0.3 is 28.4 Å². The Kier molecular flexibility index (Phi) is 23.1. The third kappa shape index (κ3) is 16.9. The molecule has 6 nitrogen and oxygen atoms in total. The predicted molar refractivity (Wildman–Crippen MR) is 591 cm³/mol. The van der Waals surface area contributed by atoms with Gasteiger partial charge in [0, 0.05) is 100 Å². The van der Waals surface area contributed by atoms with Gasteiger partial charge in [0.25, 0.3) is 0 Å². The Balaban J connectivity index is 0.000000117. The first-order valence-corrected chi connectivity index (χ1v) is 47.7. The van der Waals surface area contributed by atoms with Crippen LogP contribution in [0, 0.1) is 20.8 Å². The molecule has 0 amide bonds. The highest BCUT2D eigenvalue weighted by molar-refractivity contribution is 6.15. The molecule has 25 rings (SSSR count). The minimum absolute atomic E-state index is 1.12. The van der Waals surface area contributed by atoms with Gasteiger partial charge in [-0.25, -0.2) is 0 Å². The first-order valence-electron chi connectivity index (χ1n) is 47.7. The third-order valence-electron chi connectivity index (χ3n) is 26.9. The lowest BCUT2D eigenvalue weighted by Crippen LogP contribution is -2.10. The minimum atomic E-state index is 1.12. The summed E-state index contributed by atoms with van der Waals surface area (Å²) in [5.74, 6) is 0. The van der Waals surface area contributed by atoms with E-state index in [1.165, 1.54) is 177 Å². The normalized spacial score (nSPS) is 11.3. The number of rotatable bonds is 18. The Hall–Kier alpha value is -18.1. The van der Waals surface area contributed by atoms with E-state index in [-0.39, 0.29) is 0 Å². The quantitative estimate of drug-likeness (QED) is 0.0856. The average Bonchev–Trinajstić information content (AvgIpc) is 1.68. The van der Waals surface area contributed by atoms with Crippen molar-refractivity contribution in [2.24, 2.45) is 0 Å². The van der Waals surface area contributed by atoms with E-state index in [2.05, 4.69) is 589 Å². The first kappa shape index (κ1) is 85.1. The number of hydrogen-bond acceptors (Lipinski definition) is 3. The van der Waals surface area contributed by atoms with E-state index in [1.807, 2.05) is 0 Å². The van der Waals surface area contributed by atoms with Crippen molar-refractivity contribution < 1.29 is 0 Å². The van der Waals surface area contributed by atoms with E-state index in [0.29, 0.717) is 0 Å². The van der Waals surface area contributed by atoms with Crippen LogP contribution in [0.2, 0.25) is 0 Å². The number of aryl methyl sites for hydroxylation is 3. The molecule has 25 aromatic rings. The highest BCUT2D eigenvalue weighted by atomic mass is 15.2. The molecule has 3 aromatic heterocycles. The average molecular weight is 1780 g/mol. The van der Waals surface area contributed by atoms with E-state index in [0.717, 1.165) is 51.2 Å². The number of aromatic nitrogens is 3. The Morgan fingerprint density at radius 3 is 0.755 bits per heavy atom. The standard InChI is InChI=1S/C47H34N2.2C43H32N2/c1-33-13-12-18-39(31-33)48(38-26-23-35(24-27-38)34-14-4-2-5-15-34)46-30-28-40(41-19-8-9-20-42(41)46)36-25-29-47-44(32-36)43-21-10-11-22-45(43)49(47)37-16-6-3-7-17-37;1-31-12-10-18-38(28-31)44(37-25-22-33(23-26-37)32-13-4-2-5-14-32)39-19-11-15-34(29-39)35-24-27-43-41(30-35)40-20-8-9-21-42(40)45(43)36-16-6-3-7-17-36;1-31-11-10-16-39(29-31)44(37-24-19-33(20-25-37)32-12-4-2-5-13-32)38-26-21-34(22-27-38)35-23-28-43-41(30-35)40-17-8-9-18-42(40)45(43)36-14-6-3-7-15-36/h2-32H,1H3;2*2-30H,1H3. The molecule has 0 saturated heterocycles. The summed E-state index contributed by atoms with van der Waals surface area (Å²) in [5, 5.41) is 9.98. The van der Waals surface area contributed by atoms with Gasteiger partial charge in [0.2, 0.25) is 0 Å². The minimum Gasteiger partial charge on any atom is -0.310 e. The van der Waals surface area contributed by atoms with Crippen molar-refractivity contribution in [2.45, 2.75) is 20.8 Å². The van der Waals surface area contributed by atoms with Gasteiger partial charge in [0.1, 0.15) is 0 Å². The molecule has 22 aromatic carbocycles. The van der Waals surface area contributed by atoms with Crippen molar-refractivity contribution in [1.82, 2.24) is 13.7 Å². The summed E-state index contributed by atoms with van der Waals surface area (Å²) in [4.78, 5) is 7.08. The van der Waals surface area contributed by atoms with Crippen molar-refractivity contribution >= 4 is 127 Å². The molecule has 0 fully saturated rings. The zero-order valence-electron chi connectivity index (χ0n) is 77.6. The molecule has 0 spiro atoms. The fourth-order valence-electron chi connectivity index (χ4n) is 20.3. The number of nitrogens with zero attached hydrogens (tertiary/aromatic N) is 6. The maximum Gasteiger partial charge on any atom is 0.0541 e. The summed E-state index contributed by atoms with van der Waals surface area (Å²) in [6.07, 6.45) is 0. The van der Waals surface area contributed by atoms with E-state index in [4.69, 9.17) is 0 Å². The molecule has 0 bridgehead atoms. The maximum atomic E-state index is 2.39. The third-order valence-corrected chi connectivity index (χ3v) is 26.9. The second-order valence-corrected chi connectivity index (χ2v) is 35.8. The van der Waals surface area contributed by atoms with Gasteiger partial charge in [-0.05, 0) is 304 Å². The summed E-state index contributed by atoms with van der Waals surface area (Å²) in [5.41, 5.74) is 39.2. The summed E-state index contributed by atoms with van der Waals surface area (Å²) in [6, 6.07) is 195. The van der Waals surface area contributed by atoms with Crippen LogP contribution < -0.4 is 14.7 Å². The van der Waals surface area contributed by atoms with Crippen LogP contribution in [0.5, 0.6) is 0 Å². The van der Waals surface area contributed by atoms with Gasteiger partial charge in [-0.1, -0.05) is 346 Å². The summed E-state index contributed by atoms with van der Waals surface area (Å²) in [7, 11) is 0. The Bertz CT molecular complexity index is 8730. The zero-order chi connectivity index (χ0) is 93.1. The molecule has 660 valence electrons. The van der Waals surface area contributed by atoms with Gasteiger partial charge in [0.15, 0.2) is 0 Å². The molecule has 0 aliphatic rings. The highest BCUT2D eigenvalue weighted by Gasteiger charge is 2.24. The summed E-state index contributed by atoms with van der Waals surface area (Å²) in [6.45, 7) is 6.46. The van der Waals surface area contributed by atoms with Crippen molar-refractivity contribution in [1.29, 1.82) is 0 Å². The lowest BCUT2D eigenvalue weighted by molar-refractivity contribution is 1.18. The topological polar surface area (TPSA) is 24.5 Å². The number of fused-ring (bicyclic) bond motifs is 10. The molecule has 0 radical (unpaired) electrons. The van der Waals surface area contributed by atoms with Gasteiger partial charge in [-0.15, -0.1) is 0 Å². The number of para-hydroxylation sites is 6. The Morgan fingerprint density at radius 1 is 0.137 bits per heavy atom. The molecule has 6 heteroatoms. The van der Waals surface area contributed by atoms with Crippen LogP contribution in [0.15, 0.2) is 540 Å². The van der Waals surface area contributed by atoms with E-state index in [1.54, 1.807) is 0 Å². The van der Waals surface area contributed by atoms with Gasteiger partial charge in [-0.3, -0.25) is 0 Å². The molecule has 3 heterocycles. The molecule has 0 aliphatic heterocycles. The fourth-order valence-corrected chi connectivity index (χ4v) is 20.3. The molecule has 0 aliphatic carbocycles. The second kappa shape index (κ2) is 37.8. The van der Waals surface area contributed by atoms with E-state index < -0.39 is 0 Å². The van der Waals surface area contributed by atoms with Crippen LogP contribution in [-0.2, 0) is 0 Å². The van der Waals surface area contributed by atoms with Crippen LogP contribution in [0.4, 0.5) is 51.2 Å². The summed E-state index contributed by atoms with van der Waals surface area (Å²) < 4.78 is 7.10. The van der Waals surface area contributed by atoms with Gasteiger partial charge >= 0.3 is 0 Å². The van der Waals surface area contributed by atoms with Crippen molar-refractivity contribution in [3.63, 3.8) is 0 Å². The Labute approximate surface area is 811 Å². The number of anilines is 9. The number of hydrogen-bond donors (Lipinski definition) is 0. The van der Waals surface area contributed by atoms with Crippen molar-refractivity contribution in [3.8, 4) is 83.8 Å². The summed E-state index contributed by atoms with van der Waals surface area (Å²) >= 11 is 0. The van der Waals surface area contributed by atoms with E-state index in [9.17, 15) is 0 Å². The highest BCUT2D eigenvalue weighted by Crippen LogP contribution is 2.48. The molecule has 0 N–H and O–H groups in total. The molecule has 139 heavy (non-hydrogen) atoms. The van der Waals surface area contributed by atoms with Crippen LogP contribution in [0.3, 0.4) is 0 Å². The fraction of sp³-hybridized carbons (Fsp3) is 0.0226. The monoisotopic (exact) mass is 1780 g/mol. The molecule has 0 saturated carbocycles. The SMILES string of the molecule is Cc1cccc(N(c2ccc(-c3ccccc3)cc2)c2ccc(-c3ccc4c(c3)c3ccccc3n4-c3ccccc3)c3ccccc23)c1.Cc1cccc(N(c2ccc(-c3ccccc3)cc2)c2ccc(-c3ccc4c(c3)c3ccccc3n4-c3ccccc3)cc2)c1.Cc1cccc(N(c2ccc(-c3ccccc3)cc2)c2cccc(-c3ccc4c(c3)c3ccccc3n4-c3ccccc3)c2)c1. The van der Waals surface area contributed by atoms with Crippen LogP contribution in [0.1, 0.15) is 16.7 Å². The Morgan fingerprint density at radius 2 is 0.381 bits per heavy atom. The van der Waals surface area contributed by atoms with Crippen LogP contribution in [-0.4, -0.2) is 13.7 Å². The molecular weight excluding hydrogens is 1680 g/mol. The van der Waals surface area contributed by atoms with Crippen molar-refractivity contribution in [3.05, 3.63) is 557 Å². The smallest absolute Gasteiger partial charge is 0.0541 e. The van der Waals surface area contributed by atoms with Gasteiger partial charge in [0.05, 0.1) is 38.8 Å². The van der Waals surface area contributed by atoms with E-state index >= 15 is 0 Å². The predicted octanol–water partition coefficient (Wildman–Crippen LogP) is 36.8. The lowest BCUT2D eigenvalue weighted by atomic mass is 9.95. The van der Waals surface area contributed by atoms with Crippen molar-refractivity contribution in [2.75, 3.05) is 14.7 Å². The molecule has 0 atom stereocenters. The first-order chi connectivity index (χ1) is 68.7. The molecule has 0 unspecified atom stereocenters. The lowest BCUT2D eigenvalue weighted by Gasteiger charge is -2.28. The second-order valence-electron chi connectivity index (χ2n) is 35.8.